The van der Waals surface area contributed by atoms with Crippen molar-refractivity contribution in [2.75, 3.05) is 7.11 Å². The minimum absolute atomic E-state index is 0.675. The van der Waals surface area contributed by atoms with E-state index in [4.69, 9.17) is 0 Å². The van der Waals surface area contributed by atoms with E-state index in [9.17, 15) is 5.11 Å². The summed E-state index contributed by atoms with van der Waals surface area (Å²) in [6, 6.07) is 9.01. The lowest BCUT2D eigenvalue weighted by molar-refractivity contribution is -0.358. The Labute approximate surface area is 65.1 Å². The molecule has 0 unspecified atom stereocenters. The van der Waals surface area contributed by atoms with Gasteiger partial charge >= 0.3 is 0 Å². The highest BCUT2D eigenvalue weighted by molar-refractivity contribution is 5.15. The van der Waals surface area contributed by atoms with Crippen molar-refractivity contribution >= 4 is 0 Å². The van der Waals surface area contributed by atoms with Gasteiger partial charge in [0.2, 0.25) is 6.29 Å². The highest BCUT2D eigenvalue weighted by atomic mass is 17.2. The fourth-order valence-corrected chi connectivity index (χ4v) is 0.764. The van der Waals surface area contributed by atoms with Gasteiger partial charge in [-0.15, -0.1) is 0 Å². The minimum Gasteiger partial charge on any atom is -0.362 e. The molecule has 0 aliphatic carbocycles. The smallest absolute Gasteiger partial charge is 0.214 e. The van der Waals surface area contributed by atoms with E-state index in [-0.39, 0.29) is 0 Å². The molecule has 1 atom stereocenters. The minimum atomic E-state index is -0.999. The van der Waals surface area contributed by atoms with Crippen LogP contribution in [-0.2, 0) is 9.78 Å². The molecule has 0 aromatic heterocycles. The van der Waals surface area contributed by atoms with Gasteiger partial charge in [0.1, 0.15) is 0 Å². The molecule has 0 saturated heterocycles. The molecule has 0 amide bonds. The van der Waals surface area contributed by atoms with Crippen LogP contribution < -0.4 is 0 Å². The second-order valence-electron chi connectivity index (χ2n) is 2.03. The van der Waals surface area contributed by atoms with E-state index in [1.165, 1.54) is 7.11 Å². The molecule has 1 aromatic rings. The molecule has 0 heterocycles. The van der Waals surface area contributed by atoms with E-state index in [0.717, 1.165) is 0 Å². The van der Waals surface area contributed by atoms with Crippen LogP contribution in [0.15, 0.2) is 30.3 Å². The molecule has 1 rings (SSSR count). The van der Waals surface area contributed by atoms with Gasteiger partial charge in [-0.25, -0.2) is 4.89 Å². The Kier molecular flexibility index (Phi) is 3.04. The van der Waals surface area contributed by atoms with Crippen molar-refractivity contribution in [3.05, 3.63) is 35.9 Å². The van der Waals surface area contributed by atoms with Crippen LogP contribution in [-0.4, -0.2) is 12.2 Å². The van der Waals surface area contributed by atoms with E-state index in [1.807, 2.05) is 18.2 Å². The predicted molar refractivity (Wildman–Crippen MR) is 39.5 cm³/mol. The van der Waals surface area contributed by atoms with Gasteiger partial charge < -0.3 is 5.11 Å². The fourth-order valence-electron chi connectivity index (χ4n) is 0.764. The zero-order valence-electron chi connectivity index (χ0n) is 6.23. The number of aliphatic hydroxyl groups is 1. The third kappa shape index (κ3) is 2.31. The maximum absolute atomic E-state index is 9.17. The van der Waals surface area contributed by atoms with Crippen LogP contribution in [0.3, 0.4) is 0 Å². The molecule has 1 N–H and O–H groups in total. The second-order valence-corrected chi connectivity index (χ2v) is 2.03. The third-order valence-corrected chi connectivity index (χ3v) is 1.27. The fraction of sp³-hybridized carbons (Fsp3) is 0.250. The Morgan fingerprint density at radius 1 is 1.27 bits per heavy atom. The van der Waals surface area contributed by atoms with Gasteiger partial charge in [-0.05, 0) is 0 Å². The summed E-state index contributed by atoms with van der Waals surface area (Å²) in [5, 5.41) is 9.17. The molecule has 0 fully saturated rings. The van der Waals surface area contributed by atoms with Crippen LogP contribution in [0.5, 0.6) is 0 Å². The molecule has 0 radical (unpaired) electrons. The molecule has 1 aromatic carbocycles. The van der Waals surface area contributed by atoms with Crippen LogP contribution >= 0.6 is 0 Å². The van der Waals surface area contributed by atoms with Crippen LogP contribution in [0, 0.1) is 0 Å². The van der Waals surface area contributed by atoms with Gasteiger partial charge in [-0.1, -0.05) is 30.3 Å². The van der Waals surface area contributed by atoms with Crippen LogP contribution in [0.1, 0.15) is 11.9 Å². The van der Waals surface area contributed by atoms with Crippen molar-refractivity contribution in [1.29, 1.82) is 0 Å². The Hall–Kier alpha value is -0.900. The third-order valence-electron chi connectivity index (χ3n) is 1.27. The topological polar surface area (TPSA) is 38.7 Å². The highest BCUT2D eigenvalue weighted by Crippen LogP contribution is 2.12. The maximum Gasteiger partial charge on any atom is 0.214 e. The van der Waals surface area contributed by atoms with Crippen molar-refractivity contribution < 1.29 is 14.9 Å². The molecule has 11 heavy (non-hydrogen) atoms. The Bertz CT molecular complexity index is 198. The number of hydrogen-bond acceptors (Lipinski definition) is 3. The zero-order valence-corrected chi connectivity index (χ0v) is 6.23. The number of rotatable bonds is 3. The summed E-state index contributed by atoms with van der Waals surface area (Å²) in [6.07, 6.45) is -0.999. The second kappa shape index (κ2) is 4.08. The summed E-state index contributed by atoms with van der Waals surface area (Å²) in [6.45, 7) is 0. The van der Waals surface area contributed by atoms with Gasteiger partial charge in [-0.2, -0.15) is 4.89 Å². The summed E-state index contributed by atoms with van der Waals surface area (Å²) in [5.41, 5.74) is 0.675. The Balaban J connectivity index is 2.61. The van der Waals surface area contributed by atoms with E-state index in [0.29, 0.717) is 5.56 Å². The molecule has 0 aliphatic rings. The maximum atomic E-state index is 9.17. The molecule has 0 saturated carbocycles. The van der Waals surface area contributed by atoms with Gasteiger partial charge in [-0.3, -0.25) is 0 Å². The van der Waals surface area contributed by atoms with E-state index in [1.54, 1.807) is 12.1 Å². The van der Waals surface area contributed by atoms with Gasteiger partial charge in [0, 0.05) is 5.56 Å². The molecule has 3 nitrogen and oxygen atoms in total. The lowest BCUT2D eigenvalue weighted by Crippen LogP contribution is -2.01. The molecular weight excluding hydrogens is 144 g/mol. The van der Waals surface area contributed by atoms with Crippen molar-refractivity contribution in [1.82, 2.24) is 0 Å². The zero-order chi connectivity index (χ0) is 8.10. The molecular formula is C8H10O3. The average molecular weight is 154 g/mol. The lowest BCUT2D eigenvalue weighted by atomic mass is 10.2. The monoisotopic (exact) mass is 154 g/mol. The van der Waals surface area contributed by atoms with E-state index in [2.05, 4.69) is 9.78 Å². The molecule has 0 spiro atoms. The molecule has 0 aliphatic heterocycles. The van der Waals surface area contributed by atoms with Gasteiger partial charge in [0.05, 0.1) is 7.11 Å². The average Bonchev–Trinajstić information content (AvgIpc) is 2.07. The largest absolute Gasteiger partial charge is 0.362 e. The van der Waals surface area contributed by atoms with Crippen LogP contribution in [0.4, 0.5) is 0 Å². The van der Waals surface area contributed by atoms with E-state index >= 15 is 0 Å². The van der Waals surface area contributed by atoms with Crippen molar-refractivity contribution in [3.8, 4) is 0 Å². The summed E-state index contributed by atoms with van der Waals surface area (Å²) in [4.78, 5) is 8.79. The quantitative estimate of drug-likeness (QED) is 0.404. The molecule has 60 valence electrons. The summed E-state index contributed by atoms with van der Waals surface area (Å²) < 4.78 is 0. The first-order valence-electron chi connectivity index (χ1n) is 3.27. The Morgan fingerprint density at radius 3 is 2.45 bits per heavy atom. The lowest BCUT2D eigenvalue weighted by Gasteiger charge is -2.07. The predicted octanol–water partition coefficient (Wildman–Crippen LogP) is 1.26. The summed E-state index contributed by atoms with van der Waals surface area (Å²) in [7, 11) is 1.35. The van der Waals surface area contributed by atoms with Crippen molar-refractivity contribution in [3.63, 3.8) is 0 Å². The first-order chi connectivity index (χ1) is 5.34. The summed E-state index contributed by atoms with van der Waals surface area (Å²) >= 11 is 0. The molecule has 0 bridgehead atoms. The number of hydrogen-bond donors (Lipinski definition) is 1. The highest BCUT2D eigenvalue weighted by Gasteiger charge is 2.05. The number of aliphatic hydroxyl groups excluding tert-OH is 1. The SMILES string of the molecule is COO[C@@H](O)c1ccccc1. The normalized spacial score (nSPS) is 12.9. The van der Waals surface area contributed by atoms with Crippen LogP contribution in [0.25, 0.3) is 0 Å². The van der Waals surface area contributed by atoms with Crippen molar-refractivity contribution in [2.45, 2.75) is 6.29 Å². The Morgan fingerprint density at radius 2 is 1.91 bits per heavy atom. The van der Waals surface area contributed by atoms with Gasteiger partial charge in [0.15, 0.2) is 0 Å². The van der Waals surface area contributed by atoms with Crippen molar-refractivity contribution in [2.24, 2.45) is 0 Å². The van der Waals surface area contributed by atoms with E-state index < -0.39 is 6.29 Å². The number of benzene rings is 1. The molecule has 3 heteroatoms. The first kappa shape index (κ1) is 8.20. The summed E-state index contributed by atoms with van der Waals surface area (Å²) in [5.74, 6) is 0. The van der Waals surface area contributed by atoms with Crippen LogP contribution in [0.2, 0.25) is 0 Å². The van der Waals surface area contributed by atoms with Gasteiger partial charge in [0.25, 0.3) is 0 Å². The standard InChI is InChI=1S/C8H10O3/c1-10-11-8(9)7-5-3-2-4-6-7/h2-6,8-9H,1H3/t8-/m1/s1. The first-order valence-corrected chi connectivity index (χ1v) is 3.27.